The number of methoxy groups -OCH3 is 1. The van der Waals surface area contributed by atoms with Crippen LogP contribution < -0.4 is 15.5 Å². The number of carbonyl (C=O) groups is 1. The highest BCUT2D eigenvalue weighted by Crippen LogP contribution is 2.18. The number of nitrogens with one attached hydrogen (secondary N) is 2. The number of rotatable bonds is 7. The molecule has 21 heavy (non-hydrogen) atoms. The fourth-order valence-corrected chi connectivity index (χ4v) is 2.04. The van der Waals surface area contributed by atoms with Gasteiger partial charge in [0, 0.05) is 19.6 Å². The van der Waals surface area contributed by atoms with Crippen molar-refractivity contribution in [2.24, 2.45) is 0 Å². The van der Waals surface area contributed by atoms with E-state index in [0.717, 1.165) is 38.9 Å². The number of carbonyl (C=O) groups excluding carboxylic acids is 1. The highest BCUT2D eigenvalue weighted by atomic mass is 16.5. The number of nitrogens with zero attached hydrogens (tertiary/aromatic N) is 4. The Morgan fingerprint density at radius 2 is 1.86 bits per heavy atom. The van der Waals surface area contributed by atoms with E-state index in [4.69, 9.17) is 0 Å². The van der Waals surface area contributed by atoms with Gasteiger partial charge in [0.15, 0.2) is 0 Å². The Kier molecular flexibility index (Phi) is 5.53. The van der Waals surface area contributed by atoms with E-state index in [9.17, 15) is 4.79 Å². The highest BCUT2D eigenvalue weighted by molar-refractivity contribution is 5.74. The zero-order chi connectivity index (χ0) is 15.1. The molecule has 0 spiro atoms. The Morgan fingerprint density at radius 3 is 2.48 bits per heavy atom. The number of hydrogen-bond acceptors (Lipinski definition) is 8. The van der Waals surface area contributed by atoms with Crippen molar-refractivity contribution < 1.29 is 9.53 Å². The molecule has 0 unspecified atom stereocenters. The number of anilines is 3. The summed E-state index contributed by atoms with van der Waals surface area (Å²) in [4.78, 5) is 26.4. The van der Waals surface area contributed by atoms with Gasteiger partial charge in [-0.25, -0.2) is 0 Å². The van der Waals surface area contributed by atoms with Crippen molar-refractivity contribution in [2.45, 2.75) is 26.2 Å². The lowest BCUT2D eigenvalue weighted by atomic mass is 10.4. The molecule has 0 aliphatic carbocycles. The van der Waals surface area contributed by atoms with E-state index in [1.54, 1.807) is 0 Å². The fourth-order valence-electron chi connectivity index (χ4n) is 2.04. The maximum Gasteiger partial charge on any atom is 0.325 e. The van der Waals surface area contributed by atoms with Crippen molar-refractivity contribution in [3.8, 4) is 0 Å². The topological polar surface area (TPSA) is 92.3 Å². The third-order valence-corrected chi connectivity index (χ3v) is 3.16. The predicted octanol–water partition coefficient (Wildman–Crippen LogP) is 0.879. The van der Waals surface area contributed by atoms with Crippen LogP contribution in [0.4, 0.5) is 17.8 Å². The number of esters is 1. The summed E-state index contributed by atoms with van der Waals surface area (Å²) in [5.74, 6) is 1.20. The van der Waals surface area contributed by atoms with Gasteiger partial charge >= 0.3 is 5.97 Å². The lowest BCUT2D eigenvalue weighted by Crippen LogP contribution is -2.23. The smallest absolute Gasteiger partial charge is 0.325 e. The summed E-state index contributed by atoms with van der Waals surface area (Å²) in [6.07, 6.45) is 3.28. The van der Waals surface area contributed by atoms with Gasteiger partial charge in [-0.1, -0.05) is 6.92 Å². The maximum absolute atomic E-state index is 11.2. The van der Waals surface area contributed by atoms with E-state index in [-0.39, 0.29) is 12.5 Å². The second-order valence-electron chi connectivity index (χ2n) is 4.83. The molecule has 8 heteroatoms. The summed E-state index contributed by atoms with van der Waals surface area (Å²) in [7, 11) is 1.35. The van der Waals surface area contributed by atoms with Gasteiger partial charge in [-0.05, 0) is 19.3 Å². The minimum Gasteiger partial charge on any atom is -0.468 e. The van der Waals surface area contributed by atoms with E-state index in [1.807, 2.05) is 0 Å². The van der Waals surface area contributed by atoms with E-state index in [1.165, 1.54) is 7.11 Å². The van der Waals surface area contributed by atoms with Crippen molar-refractivity contribution in [1.29, 1.82) is 0 Å². The van der Waals surface area contributed by atoms with Crippen LogP contribution in [-0.4, -0.2) is 54.2 Å². The average Bonchev–Trinajstić information content (AvgIpc) is 3.04. The molecule has 2 heterocycles. The maximum atomic E-state index is 11.2. The molecular weight excluding hydrogens is 272 g/mol. The average molecular weight is 294 g/mol. The highest BCUT2D eigenvalue weighted by Gasteiger charge is 2.17. The first-order valence-electron chi connectivity index (χ1n) is 7.28. The molecule has 0 amide bonds. The van der Waals surface area contributed by atoms with Gasteiger partial charge in [0.2, 0.25) is 17.8 Å². The molecular formula is C13H22N6O2. The van der Waals surface area contributed by atoms with E-state index < -0.39 is 0 Å². The van der Waals surface area contributed by atoms with Gasteiger partial charge in [0.1, 0.15) is 6.54 Å². The first-order chi connectivity index (χ1) is 10.2. The van der Waals surface area contributed by atoms with E-state index >= 15 is 0 Å². The summed E-state index contributed by atoms with van der Waals surface area (Å²) in [6, 6.07) is 0. The molecule has 1 aliphatic heterocycles. The molecule has 116 valence electrons. The van der Waals surface area contributed by atoms with Gasteiger partial charge in [-0.2, -0.15) is 15.0 Å². The molecule has 1 saturated heterocycles. The van der Waals surface area contributed by atoms with Crippen LogP contribution in [0.25, 0.3) is 0 Å². The molecule has 2 rings (SSSR count). The van der Waals surface area contributed by atoms with Crippen LogP contribution in [0.1, 0.15) is 26.2 Å². The minimum absolute atomic E-state index is 0.0349. The Bertz CT molecular complexity index is 476. The summed E-state index contributed by atoms with van der Waals surface area (Å²) in [6.45, 7) is 4.81. The van der Waals surface area contributed by atoms with Gasteiger partial charge < -0.3 is 20.3 Å². The molecule has 1 fully saturated rings. The van der Waals surface area contributed by atoms with E-state index in [0.29, 0.717) is 17.8 Å². The molecule has 0 bridgehead atoms. The Balaban J connectivity index is 2.13. The van der Waals surface area contributed by atoms with Gasteiger partial charge in [0.05, 0.1) is 7.11 Å². The van der Waals surface area contributed by atoms with Crippen molar-refractivity contribution in [3.63, 3.8) is 0 Å². The molecule has 0 radical (unpaired) electrons. The second-order valence-corrected chi connectivity index (χ2v) is 4.83. The number of aromatic nitrogens is 3. The standard InChI is InChI=1S/C13H22N6O2/c1-3-6-14-11-16-12(15-9-10(20)21-2)18-13(17-11)19-7-4-5-8-19/h3-9H2,1-2H3,(H2,14,15,16,17,18). The quantitative estimate of drug-likeness (QED) is 0.716. The largest absolute Gasteiger partial charge is 0.468 e. The molecule has 0 saturated carbocycles. The molecule has 0 atom stereocenters. The zero-order valence-corrected chi connectivity index (χ0v) is 12.6. The molecule has 8 nitrogen and oxygen atoms in total. The molecule has 1 aliphatic rings. The Labute approximate surface area is 124 Å². The summed E-state index contributed by atoms with van der Waals surface area (Å²) in [5, 5.41) is 6.03. The van der Waals surface area contributed by atoms with Crippen LogP contribution >= 0.6 is 0 Å². The van der Waals surface area contributed by atoms with Crippen LogP contribution in [-0.2, 0) is 9.53 Å². The summed E-state index contributed by atoms with van der Waals surface area (Å²) in [5.41, 5.74) is 0. The first kappa shape index (κ1) is 15.3. The third kappa shape index (κ3) is 4.44. The van der Waals surface area contributed by atoms with Gasteiger partial charge in [0.25, 0.3) is 0 Å². The molecule has 2 N–H and O–H groups in total. The summed E-state index contributed by atoms with van der Waals surface area (Å²) >= 11 is 0. The van der Waals surface area contributed by atoms with Crippen molar-refractivity contribution in [2.75, 3.05) is 48.8 Å². The van der Waals surface area contributed by atoms with E-state index in [2.05, 4.69) is 42.1 Å². The van der Waals surface area contributed by atoms with Gasteiger partial charge in [-0.3, -0.25) is 4.79 Å². The minimum atomic E-state index is -0.360. The first-order valence-corrected chi connectivity index (χ1v) is 7.28. The normalized spacial score (nSPS) is 14.1. The number of hydrogen-bond donors (Lipinski definition) is 2. The van der Waals surface area contributed by atoms with Crippen LogP contribution in [0.15, 0.2) is 0 Å². The SMILES string of the molecule is CCCNc1nc(NCC(=O)OC)nc(N2CCCC2)n1. The predicted molar refractivity (Wildman–Crippen MR) is 80.6 cm³/mol. The van der Waals surface area contributed by atoms with Gasteiger partial charge in [-0.15, -0.1) is 0 Å². The lowest BCUT2D eigenvalue weighted by molar-refractivity contribution is -0.138. The monoisotopic (exact) mass is 294 g/mol. The second kappa shape index (κ2) is 7.61. The number of ether oxygens (including phenoxy) is 1. The summed E-state index contributed by atoms with van der Waals surface area (Å²) < 4.78 is 4.60. The molecule has 1 aromatic heterocycles. The lowest BCUT2D eigenvalue weighted by Gasteiger charge is -2.17. The van der Waals surface area contributed by atoms with Crippen molar-refractivity contribution >= 4 is 23.8 Å². The van der Waals surface area contributed by atoms with Crippen molar-refractivity contribution in [1.82, 2.24) is 15.0 Å². The molecule has 0 aromatic carbocycles. The van der Waals surface area contributed by atoms with Crippen LogP contribution in [0.2, 0.25) is 0 Å². The van der Waals surface area contributed by atoms with Crippen LogP contribution in [0.5, 0.6) is 0 Å². The molecule has 1 aromatic rings. The third-order valence-electron chi connectivity index (χ3n) is 3.16. The van der Waals surface area contributed by atoms with Crippen LogP contribution in [0.3, 0.4) is 0 Å². The fraction of sp³-hybridized carbons (Fsp3) is 0.692. The van der Waals surface area contributed by atoms with Crippen molar-refractivity contribution in [3.05, 3.63) is 0 Å². The Hall–Kier alpha value is -2.12. The van der Waals surface area contributed by atoms with Crippen LogP contribution in [0, 0.1) is 0 Å². The Morgan fingerprint density at radius 1 is 1.19 bits per heavy atom. The zero-order valence-electron chi connectivity index (χ0n) is 12.6.